The summed E-state index contributed by atoms with van der Waals surface area (Å²) in [6, 6.07) is 16.1. The van der Waals surface area contributed by atoms with E-state index in [-0.39, 0.29) is 12.5 Å². The number of fused-ring (bicyclic) bond motifs is 1. The van der Waals surface area contributed by atoms with Crippen molar-refractivity contribution in [3.8, 4) is 0 Å². The number of nitrogens with zero attached hydrogens (tertiary/aromatic N) is 2. The summed E-state index contributed by atoms with van der Waals surface area (Å²) in [6.45, 7) is 4.33. The second-order valence-electron chi connectivity index (χ2n) is 5.66. The molecule has 0 aliphatic heterocycles. The summed E-state index contributed by atoms with van der Waals surface area (Å²) in [5.74, 6) is -0.146. The molecule has 0 saturated carbocycles. The van der Waals surface area contributed by atoms with Gasteiger partial charge in [0.05, 0.1) is 6.21 Å². The van der Waals surface area contributed by atoms with E-state index in [0.717, 1.165) is 22.0 Å². The van der Waals surface area contributed by atoms with Crippen LogP contribution in [0.25, 0.3) is 10.9 Å². The third-order valence-electron chi connectivity index (χ3n) is 3.81. The molecule has 0 saturated heterocycles. The largest absolute Gasteiger partial charge is 0.338 e. The van der Waals surface area contributed by atoms with Gasteiger partial charge in [0.1, 0.15) is 6.54 Å². The molecule has 4 heteroatoms. The number of benzene rings is 2. The number of hydrogen-bond donors (Lipinski definition) is 1. The molecule has 1 amide bonds. The molecule has 116 valence electrons. The number of carbonyl (C=O) groups is 1. The third kappa shape index (κ3) is 3.48. The van der Waals surface area contributed by atoms with Gasteiger partial charge in [-0.2, -0.15) is 5.10 Å². The lowest BCUT2D eigenvalue weighted by molar-refractivity contribution is -0.121. The van der Waals surface area contributed by atoms with Crippen LogP contribution in [-0.4, -0.2) is 16.7 Å². The zero-order valence-electron chi connectivity index (χ0n) is 13.3. The first-order chi connectivity index (χ1) is 11.1. The molecule has 1 heterocycles. The summed E-state index contributed by atoms with van der Waals surface area (Å²) in [4.78, 5) is 12.0. The normalized spacial score (nSPS) is 11.2. The molecule has 0 atom stereocenters. The van der Waals surface area contributed by atoms with Crippen LogP contribution in [0.15, 0.2) is 59.8 Å². The Morgan fingerprint density at radius 3 is 2.83 bits per heavy atom. The molecular formula is C19H19N3O. The van der Waals surface area contributed by atoms with E-state index in [4.69, 9.17) is 0 Å². The number of para-hydroxylation sites is 1. The molecule has 0 radical (unpaired) electrons. The molecule has 0 bridgehead atoms. The van der Waals surface area contributed by atoms with E-state index in [2.05, 4.69) is 23.5 Å². The topological polar surface area (TPSA) is 46.4 Å². The van der Waals surface area contributed by atoms with Gasteiger partial charge >= 0.3 is 0 Å². The minimum absolute atomic E-state index is 0.146. The van der Waals surface area contributed by atoms with Gasteiger partial charge in [0.25, 0.3) is 5.91 Å². The second-order valence-corrected chi connectivity index (χ2v) is 5.66. The molecule has 3 rings (SSSR count). The number of carbonyl (C=O) groups excluding carboxylic acids is 1. The highest BCUT2D eigenvalue weighted by molar-refractivity contribution is 5.85. The summed E-state index contributed by atoms with van der Waals surface area (Å²) in [5, 5.41) is 5.18. The van der Waals surface area contributed by atoms with Crippen molar-refractivity contribution in [3.63, 3.8) is 0 Å². The average Bonchev–Trinajstić information content (AvgIpc) is 2.93. The zero-order chi connectivity index (χ0) is 16.2. The van der Waals surface area contributed by atoms with Crippen LogP contribution in [-0.2, 0) is 11.3 Å². The number of rotatable bonds is 4. The van der Waals surface area contributed by atoms with Gasteiger partial charge in [-0.3, -0.25) is 4.79 Å². The van der Waals surface area contributed by atoms with E-state index < -0.39 is 0 Å². The third-order valence-corrected chi connectivity index (χ3v) is 3.81. The Morgan fingerprint density at radius 2 is 2.00 bits per heavy atom. The Balaban J connectivity index is 1.64. The minimum Gasteiger partial charge on any atom is -0.338 e. The quantitative estimate of drug-likeness (QED) is 0.583. The molecule has 1 aromatic heterocycles. The standard InChI is InChI=1S/C19H19N3O/c1-14-7-8-17(15(2)11-14)12-20-21-19(23)13-22-10-9-16-5-3-4-6-18(16)22/h3-12H,13H2,1-2H3,(H,21,23)/b20-12+. The lowest BCUT2D eigenvalue weighted by Gasteiger charge is -2.04. The van der Waals surface area contributed by atoms with Crippen LogP contribution in [0.1, 0.15) is 16.7 Å². The molecule has 4 nitrogen and oxygen atoms in total. The van der Waals surface area contributed by atoms with Crippen LogP contribution in [0.4, 0.5) is 0 Å². The van der Waals surface area contributed by atoms with Crippen molar-refractivity contribution in [3.05, 3.63) is 71.4 Å². The van der Waals surface area contributed by atoms with Crippen LogP contribution in [0, 0.1) is 13.8 Å². The first-order valence-electron chi connectivity index (χ1n) is 7.56. The molecule has 0 fully saturated rings. The first-order valence-corrected chi connectivity index (χ1v) is 7.56. The van der Waals surface area contributed by atoms with E-state index in [1.165, 1.54) is 5.56 Å². The Kier molecular flexibility index (Phi) is 4.24. The molecule has 0 aliphatic carbocycles. The monoisotopic (exact) mass is 305 g/mol. The molecule has 0 unspecified atom stereocenters. The number of aromatic nitrogens is 1. The number of nitrogens with one attached hydrogen (secondary N) is 1. The molecular weight excluding hydrogens is 286 g/mol. The highest BCUT2D eigenvalue weighted by Gasteiger charge is 2.04. The highest BCUT2D eigenvalue weighted by atomic mass is 16.2. The van der Waals surface area contributed by atoms with Gasteiger partial charge in [0.2, 0.25) is 0 Å². The van der Waals surface area contributed by atoms with Gasteiger partial charge in [-0.25, -0.2) is 5.43 Å². The van der Waals surface area contributed by atoms with Crippen LogP contribution in [0.5, 0.6) is 0 Å². The van der Waals surface area contributed by atoms with Crippen molar-refractivity contribution in [1.82, 2.24) is 9.99 Å². The fourth-order valence-electron chi connectivity index (χ4n) is 2.61. The SMILES string of the molecule is Cc1ccc(/C=N/NC(=O)Cn2ccc3ccccc32)c(C)c1. The Hall–Kier alpha value is -2.88. The van der Waals surface area contributed by atoms with Crippen LogP contribution in [0.3, 0.4) is 0 Å². The summed E-state index contributed by atoms with van der Waals surface area (Å²) < 4.78 is 1.91. The predicted molar refractivity (Wildman–Crippen MR) is 93.6 cm³/mol. The number of aryl methyl sites for hydroxylation is 2. The molecule has 2 aromatic carbocycles. The van der Waals surface area contributed by atoms with Gasteiger partial charge < -0.3 is 4.57 Å². The lowest BCUT2D eigenvalue weighted by atomic mass is 10.1. The Labute approximate surface area is 135 Å². The van der Waals surface area contributed by atoms with Crippen molar-refractivity contribution in [2.24, 2.45) is 5.10 Å². The Morgan fingerprint density at radius 1 is 1.17 bits per heavy atom. The van der Waals surface area contributed by atoms with E-state index in [1.54, 1.807) is 6.21 Å². The number of hydrazone groups is 1. The molecule has 23 heavy (non-hydrogen) atoms. The lowest BCUT2D eigenvalue weighted by Crippen LogP contribution is -2.22. The van der Waals surface area contributed by atoms with Crippen molar-refractivity contribution in [1.29, 1.82) is 0 Å². The fraction of sp³-hybridized carbons (Fsp3) is 0.158. The zero-order valence-corrected chi connectivity index (χ0v) is 13.3. The maximum absolute atomic E-state index is 12.0. The highest BCUT2D eigenvalue weighted by Crippen LogP contribution is 2.14. The van der Waals surface area contributed by atoms with E-state index in [1.807, 2.05) is 60.2 Å². The summed E-state index contributed by atoms with van der Waals surface area (Å²) in [6.07, 6.45) is 3.60. The molecule has 1 N–H and O–H groups in total. The maximum Gasteiger partial charge on any atom is 0.259 e. The van der Waals surface area contributed by atoms with Gasteiger partial charge in [-0.15, -0.1) is 0 Å². The smallest absolute Gasteiger partial charge is 0.259 e. The van der Waals surface area contributed by atoms with Gasteiger partial charge in [0.15, 0.2) is 0 Å². The van der Waals surface area contributed by atoms with Crippen LogP contribution < -0.4 is 5.43 Å². The first kappa shape index (κ1) is 15.0. The summed E-state index contributed by atoms with van der Waals surface area (Å²) in [5.41, 5.74) is 6.98. The van der Waals surface area contributed by atoms with Gasteiger partial charge in [-0.05, 0) is 42.5 Å². The van der Waals surface area contributed by atoms with Crippen LogP contribution >= 0.6 is 0 Å². The van der Waals surface area contributed by atoms with E-state index in [9.17, 15) is 4.79 Å². The van der Waals surface area contributed by atoms with Gasteiger partial charge in [0, 0.05) is 11.7 Å². The minimum atomic E-state index is -0.146. The van der Waals surface area contributed by atoms with Crippen molar-refractivity contribution in [2.75, 3.05) is 0 Å². The van der Waals surface area contributed by atoms with Gasteiger partial charge in [-0.1, -0.05) is 42.0 Å². The van der Waals surface area contributed by atoms with Crippen molar-refractivity contribution in [2.45, 2.75) is 20.4 Å². The fourth-order valence-corrected chi connectivity index (χ4v) is 2.61. The predicted octanol–water partition coefficient (Wildman–Crippen LogP) is 3.41. The van der Waals surface area contributed by atoms with Crippen LogP contribution in [0.2, 0.25) is 0 Å². The van der Waals surface area contributed by atoms with Crippen molar-refractivity contribution >= 4 is 23.0 Å². The van der Waals surface area contributed by atoms with Crippen molar-refractivity contribution < 1.29 is 4.79 Å². The summed E-state index contributed by atoms with van der Waals surface area (Å²) >= 11 is 0. The van der Waals surface area contributed by atoms with E-state index in [0.29, 0.717) is 0 Å². The molecule has 0 aliphatic rings. The number of hydrogen-bond acceptors (Lipinski definition) is 2. The summed E-state index contributed by atoms with van der Waals surface area (Å²) in [7, 11) is 0. The average molecular weight is 305 g/mol. The molecule has 0 spiro atoms. The second kappa shape index (κ2) is 6.48. The molecule has 3 aromatic rings. The number of amides is 1. The van der Waals surface area contributed by atoms with E-state index >= 15 is 0 Å². The maximum atomic E-state index is 12.0. The Bertz CT molecular complexity index is 877.